The van der Waals surface area contributed by atoms with Crippen molar-refractivity contribution in [2.24, 2.45) is 0 Å². The molecule has 0 radical (unpaired) electrons. The van der Waals surface area contributed by atoms with Crippen LogP contribution in [0.1, 0.15) is 28.8 Å². The molecule has 118 valence electrons. The van der Waals surface area contributed by atoms with Crippen molar-refractivity contribution in [3.05, 3.63) is 65.7 Å². The summed E-state index contributed by atoms with van der Waals surface area (Å²) in [4.78, 5) is 24.8. The number of rotatable bonds is 4. The van der Waals surface area contributed by atoms with Crippen LogP contribution in [0.4, 0.5) is 0 Å². The third kappa shape index (κ3) is 2.97. The summed E-state index contributed by atoms with van der Waals surface area (Å²) in [7, 11) is 1.32. The van der Waals surface area contributed by atoms with Gasteiger partial charge in [-0.05, 0) is 24.1 Å². The number of carbonyl (C=O) groups excluding carboxylic acids is 2. The van der Waals surface area contributed by atoms with E-state index in [4.69, 9.17) is 9.47 Å². The molecular weight excluding hydrogens is 292 g/mol. The number of ether oxygens (including phenoxy) is 2. The van der Waals surface area contributed by atoms with E-state index in [1.807, 2.05) is 30.3 Å². The lowest BCUT2D eigenvalue weighted by Gasteiger charge is -2.35. The molecule has 0 unspecified atom stereocenters. The summed E-state index contributed by atoms with van der Waals surface area (Å²) < 4.78 is 10.9. The largest absolute Gasteiger partial charge is 0.474 e. The average Bonchev–Trinajstić information content (AvgIpc) is 2.60. The molecule has 4 nitrogen and oxygen atoms in total. The Bertz CT molecular complexity index is 723. The number of hydrogen-bond acceptors (Lipinski definition) is 4. The highest BCUT2D eigenvalue weighted by molar-refractivity contribution is 6.03. The Morgan fingerprint density at radius 1 is 1.13 bits per heavy atom. The molecule has 1 aliphatic heterocycles. The number of Topliss-reactive ketones (excluding diaryl/α,β-unsaturated/α-hetero) is 1. The summed E-state index contributed by atoms with van der Waals surface area (Å²) in [6.07, 6.45) is 1.03. The molecule has 2 aromatic rings. The third-order valence-electron chi connectivity index (χ3n) is 4.16. The fourth-order valence-electron chi connectivity index (χ4n) is 2.92. The maximum Gasteiger partial charge on any atom is 0.350 e. The molecule has 1 atom stereocenters. The number of aryl methyl sites for hydroxylation is 1. The first-order chi connectivity index (χ1) is 11.1. The first-order valence-corrected chi connectivity index (χ1v) is 7.58. The first kappa shape index (κ1) is 15.3. The first-order valence-electron chi connectivity index (χ1n) is 7.58. The van der Waals surface area contributed by atoms with Gasteiger partial charge in [0.15, 0.2) is 5.78 Å². The Labute approximate surface area is 135 Å². The van der Waals surface area contributed by atoms with E-state index in [2.05, 4.69) is 0 Å². The van der Waals surface area contributed by atoms with E-state index < -0.39 is 11.6 Å². The maximum absolute atomic E-state index is 12.4. The lowest BCUT2D eigenvalue weighted by molar-refractivity contribution is -0.160. The molecule has 2 aromatic carbocycles. The molecule has 0 aliphatic carbocycles. The molecule has 0 aromatic heterocycles. The number of fused-ring (bicyclic) bond motifs is 1. The van der Waals surface area contributed by atoms with Crippen molar-refractivity contribution in [3.63, 3.8) is 0 Å². The summed E-state index contributed by atoms with van der Waals surface area (Å²) in [5.74, 6) is -0.149. The smallest absolute Gasteiger partial charge is 0.350 e. The zero-order chi connectivity index (χ0) is 16.3. The fraction of sp³-hybridized carbons (Fsp3) is 0.263. The van der Waals surface area contributed by atoms with Crippen LogP contribution in [0, 0.1) is 0 Å². The van der Waals surface area contributed by atoms with Crippen molar-refractivity contribution in [2.75, 3.05) is 7.11 Å². The fourth-order valence-corrected chi connectivity index (χ4v) is 2.92. The molecule has 3 rings (SSSR count). The molecule has 0 bridgehead atoms. The Balaban J connectivity index is 1.90. The predicted octanol–water partition coefficient (Wildman–Crippen LogP) is 3.20. The Morgan fingerprint density at radius 2 is 1.83 bits per heavy atom. The Kier molecular flexibility index (Phi) is 4.15. The zero-order valence-electron chi connectivity index (χ0n) is 13.0. The highest BCUT2D eigenvalue weighted by Gasteiger charge is 2.47. The van der Waals surface area contributed by atoms with E-state index >= 15 is 0 Å². The number of ketones is 1. The minimum atomic E-state index is -1.25. The Morgan fingerprint density at radius 3 is 2.57 bits per heavy atom. The van der Waals surface area contributed by atoms with Crippen LogP contribution in [0.2, 0.25) is 0 Å². The number of para-hydroxylation sites is 1. The molecule has 1 heterocycles. The van der Waals surface area contributed by atoms with Crippen molar-refractivity contribution in [2.45, 2.75) is 24.9 Å². The molecule has 0 spiro atoms. The van der Waals surface area contributed by atoms with Gasteiger partial charge in [0.1, 0.15) is 5.75 Å². The zero-order valence-corrected chi connectivity index (χ0v) is 13.0. The van der Waals surface area contributed by atoms with E-state index in [9.17, 15) is 9.59 Å². The highest BCUT2D eigenvalue weighted by atomic mass is 16.6. The van der Waals surface area contributed by atoms with Crippen LogP contribution in [0.15, 0.2) is 54.6 Å². The van der Waals surface area contributed by atoms with Crippen LogP contribution < -0.4 is 4.74 Å². The summed E-state index contributed by atoms with van der Waals surface area (Å²) >= 11 is 0. The van der Waals surface area contributed by atoms with E-state index in [1.54, 1.807) is 24.3 Å². The van der Waals surface area contributed by atoms with Crippen LogP contribution in [0.25, 0.3) is 0 Å². The van der Waals surface area contributed by atoms with Crippen LogP contribution in [-0.4, -0.2) is 24.5 Å². The van der Waals surface area contributed by atoms with Gasteiger partial charge in [-0.15, -0.1) is 0 Å². The van der Waals surface area contributed by atoms with Crippen LogP contribution >= 0.6 is 0 Å². The van der Waals surface area contributed by atoms with Crippen LogP contribution in [0.5, 0.6) is 5.75 Å². The topological polar surface area (TPSA) is 52.6 Å². The van der Waals surface area contributed by atoms with Gasteiger partial charge in [-0.2, -0.15) is 0 Å². The standard InChI is InChI=1S/C19H18O4/c1-22-18(21)19(12-11-14-7-3-2-4-8-14)13-16(20)15-9-5-6-10-17(15)23-19/h2-10H,11-13H2,1H3/t19-/m0/s1. The number of benzene rings is 2. The molecule has 4 heteroatoms. The second-order valence-corrected chi connectivity index (χ2v) is 5.67. The number of esters is 1. The molecule has 1 aliphatic rings. The normalized spacial score (nSPS) is 19.6. The average molecular weight is 310 g/mol. The molecular formula is C19H18O4. The van der Waals surface area contributed by atoms with Gasteiger partial charge in [0.05, 0.1) is 19.1 Å². The second-order valence-electron chi connectivity index (χ2n) is 5.67. The molecule has 0 amide bonds. The second kappa shape index (κ2) is 6.24. The summed E-state index contributed by atoms with van der Waals surface area (Å²) in [6, 6.07) is 16.8. The number of methoxy groups -OCH3 is 1. The molecule has 0 N–H and O–H groups in total. The van der Waals surface area contributed by atoms with Crippen LogP contribution in [0.3, 0.4) is 0 Å². The van der Waals surface area contributed by atoms with E-state index in [0.717, 1.165) is 5.56 Å². The summed E-state index contributed by atoms with van der Waals surface area (Å²) in [6.45, 7) is 0. The van der Waals surface area contributed by atoms with E-state index in [1.165, 1.54) is 7.11 Å². The van der Waals surface area contributed by atoms with Gasteiger partial charge >= 0.3 is 5.97 Å². The number of hydrogen-bond donors (Lipinski definition) is 0. The quantitative estimate of drug-likeness (QED) is 0.814. The maximum atomic E-state index is 12.4. The predicted molar refractivity (Wildman–Crippen MR) is 85.5 cm³/mol. The van der Waals surface area contributed by atoms with Gasteiger partial charge in [0.25, 0.3) is 0 Å². The molecule has 0 saturated heterocycles. The molecule has 23 heavy (non-hydrogen) atoms. The SMILES string of the molecule is COC(=O)[C@]1(CCc2ccccc2)CC(=O)c2ccccc2O1. The Hall–Kier alpha value is -2.62. The van der Waals surface area contributed by atoms with Gasteiger partial charge < -0.3 is 9.47 Å². The van der Waals surface area contributed by atoms with E-state index in [-0.39, 0.29) is 12.2 Å². The summed E-state index contributed by atoms with van der Waals surface area (Å²) in [5.41, 5.74) is 0.355. The lowest BCUT2D eigenvalue weighted by atomic mass is 9.85. The highest BCUT2D eigenvalue weighted by Crippen LogP contribution is 2.36. The van der Waals surface area contributed by atoms with Gasteiger partial charge in [0, 0.05) is 6.42 Å². The lowest BCUT2D eigenvalue weighted by Crippen LogP contribution is -2.50. The van der Waals surface area contributed by atoms with Crippen molar-refractivity contribution in [1.82, 2.24) is 0 Å². The third-order valence-corrected chi connectivity index (χ3v) is 4.16. The van der Waals surface area contributed by atoms with E-state index in [0.29, 0.717) is 24.2 Å². The molecule has 0 fully saturated rings. The van der Waals surface area contributed by atoms with Crippen molar-refractivity contribution in [1.29, 1.82) is 0 Å². The number of carbonyl (C=O) groups is 2. The van der Waals surface area contributed by atoms with Crippen molar-refractivity contribution in [3.8, 4) is 5.75 Å². The minimum Gasteiger partial charge on any atom is -0.474 e. The minimum absolute atomic E-state index is 0.00349. The van der Waals surface area contributed by atoms with Crippen molar-refractivity contribution >= 4 is 11.8 Å². The van der Waals surface area contributed by atoms with Crippen LogP contribution in [-0.2, 0) is 16.0 Å². The monoisotopic (exact) mass is 310 g/mol. The molecule has 0 saturated carbocycles. The van der Waals surface area contributed by atoms with Gasteiger partial charge in [-0.3, -0.25) is 4.79 Å². The van der Waals surface area contributed by atoms with Crippen molar-refractivity contribution < 1.29 is 19.1 Å². The van der Waals surface area contributed by atoms with Gasteiger partial charge in [-0.25, -0.2) is 4.79 Å². The summed E-state index contributed by atoms with van der Waals surface area (Å²) in [5, 5.41) is 0. The van der Waals surface area contributed by atoms with Gasteiger partial charge in [0.2, 0.25) is 5.60 Å². The van der Waals surface area contributed by atoms with Gasteiger partial charge in [-0.1, -0.05) is 42.5 Å².